The van der Waals surface area contributed by atoms with Crippen LogP contribution in [-0.2, 0) is 10.0 Å². The molecule has 2 rings (SSSR count). The van der Waals surface area contributed by atoms with Crippen molar-refractivity contribution < 1.29 is 8.42 Å². The highest BCUT2D eigenvalue weighted by atomic mass is 35.5. The van der Waals surface area contributed by atoms with Crippen LogP contribution in [0.25, 0.3) is 0 Å². The number of halogens is 1. The normalized spacial score (nSPS) is 20.5. The molecule has 0 radical (unpaired) electrons. The third-order valence-corrected chi connectivity index (χ3v) is 6.52. The van der Waals surface area contributed by atoms with Gasteiger partial charge in [-0.15, -0.1) is 23.7 Å². The summed E-state index contributed by atoms with van der Waals surface area (Å²) in [5, 5.41) is 3.08. The van der Waals surface area contributed by atoms with E-state index in [1.807, 2.05) is 20.9 Å². The van der Waals surface area contributed by atoms with Gasteiger partial charge in [0.05, 0.1) is 4.90 Å². The average molecular weight is 325 g/mol. The molecule has 1 aliphatic rings. The summed E-state index contributed by atoms with van der Waals surface area (Å²) in [5.41, 5.74) is 0. The van der Waals surface area contributed by atoms with E-state index in [0.717, 1.165) is 29.1 Å². The van der Waals surface area contributed by atoms with Crippen LogP contribution in [-0.4, -0.2) is 38.9 Å². The van der Waals surface area contributed by atoms with Gasteiger partial charge in [-0.3, -0.25) is 0 Å². The summed E-state index contributed by atoms with van der Waals surface area (Å²) in [6.45, 7) is 5.20. The maximum absolute atomic E-state index is 12.7. The Hall–Kier alpha value is -0.140. The van der Waals surface area contributed by atoms with Crippen LogP contribution < -0.4 is 5.32 Å². The van der Waals surface area contributed by atoms with Gasteiger partial charge in [0.1, 0.15) is 0 Å². The van der Waals surface area contributed by atoms with Gasteiger partial charge in [-0.2, -0.15) is 4.31 Å². The first-order chi connectivity index (χ1) is 8.46. The molecule has 110 valence electrons. The first-order valence-electron chi connectivity index (χ1n) is 6.20. The number of aryl methyl sites for hydroxylation is 2. The summed E-state index contributed by atoms with van der Waals surface area (Å²) in [4.78, 5) is 2.44. The molecule has 1 aromatic rings. The molecule has 0 aliphatic carbocycles. The van der Waals surface area contributed by atoms with Crippen molar-refractivity contribution in [3.63, 3.8) is 0 Å². The second-order valence-corrected chi connectivity index (χ2v) is 8.07. The Balaban J connectivity index is 0.00000180. The van der Waals surface area contributed by atoms with Crippen molar-refractivity contribution in [2.75, 3.05) is 20.1 Å². The predicted octanol–water partition coefficient (Wildman–Crippen LogP) is 2.16. The number of thiophene rings is 1. The van der Waals surface area contributed by atoms with Crippen LogP contribution in [0.3, 0.4) is 0 Å². The van der Waals surface area contributed by atoms with Crippen LogP contribution in [0.1, 0.15) is 22.6 Å². The summed E-state index contributed by atoms with van der Waals surface area (Å²) < 4.78 is 27.0. The van der Waals surface area contributed by atoms with E-state index in [9.17, 15) is 8.42 Å². The van der Waals surface area contributed by atoms with Gasteiger partial charge in [-0.25, -0.2) is 8.42 Å². The zero-order chi connectivity index (χ0) is 13.3. The summed E-state index contributed by atoms with van der Waals surface area (Å²) >= 11 is 1.55. The molecule has 0 spiro atoms. The minimum atomic E-state index is -3.32. The van der Waals surface area contributed by atoms with Crippen molar-refractivity contribution in [2.45, 2.75) is 37.6 Å². The largest absolute Gasteiger partial charge is 0.318 e. The maximum atomic E-state index is 12.7. The highest BCUT2D eigenvalue weighted by Gasteiger charge is 2.36. The highest BCUT2D eigenvalue weighted by molar-refractivity contribution is 7.89. The number of sulfonamides is 1. The monoisotopic (exact) mass is 324 g/mol. The van der Waals surface area contributed by atoms with Gasteiger partial charge in [0.25, 0.3) is 0 Å². The zero-order valence-electron chi connectivity index (χ0n) is 11.5. The fourth-order valence-electron chi connectivity index (χ4n) is 2.56. The van der Waals surface area contributed by atoms with Crippen LogP contribution in [0.5, 0.6) is 0 Å². The summed E-state index contributed by atoms with van der Waals surface area (Å²) in [5.74, 6) is 0. The number of hydrogen-bond donors (Lipinski definition) is 1. The first kappa shape index (κ1) is 16.9. The first-order valence-corrected chi connectivity index (χ1v) is 8.46. The minimum Gasteiger partial charge on any atom is -0.318 e. The average Bonchev–Trinajstić information content (AvgIpc) is 2.86. The smallest absolute Gasteiger partial charge is 0.244 e. The van der Waals surface area contributed by atoms with Gasteiger partial charge in [0, 0.05) is 28.9 Å². The van der Waals surface area contributed by atoms with E-state index >= 15 is 0 Å². The van der Waals surface area contributed by atoms with E-state index in [2.05, 4.69) is 5.32 Å². The van der Waals surface area contributed by atoms with E-state index in [1.165, 1.54) is 0 Å². The Morgan fingerprint density at radius 1 is 1.47 bits per heavy atom. The number of likely N-dealkylation sites (N-methyl/N-ethyl adjacent to an activating group) is 1. The Morgan fingerprint density at radius 2 is 2.16 bits per heavy atom. The highest BCUT2D eigenvalue weighted by Crippen LogP contribution is 2.31. The van der Waals surface area contributed by atoms with E-state index in [-0.39, 0.29) is 18.4 Å². The van der Waals surface area contributed by atoms with E-state index in [4.69, 9.17) is 0 Å². The van der Waals surface area contributed by atoms with Gasteiger partial charge in [-0.05, 0) is 39.8 Å². The standard InChI is InChI=1S/C12H20N2O2S2.ClH/c1-9-7-12(10(2)17-9)18(15,16)14-6-4-5-11(14)8-13-3;/h7,11,13H,4-6,8H2,1-3H3;1H. The lowest BCUT2D eigenvalue weighted by molar-refractivity contribution is 0.379. The molecular formula is C12H21ClN2O2S2. The quantitative estimate of drug-likeness (QED) is 0.923. The maximum Gasteiger partial charge on any atom is 0.244 e. The van der Waals surface area contributed by atoms with E-state index in [1.54, 1.807) is 21.7 Å². The topological polar surface area (TPSA) is 49.4 Å². The SMILES string of the molecule is CNCC1CCCN1S(=O)(=O)c1cc(C)sc1C.Cl. The molecule has 1 N–H and O–H groups in total. The Labute approximate surface area is 125 Å². The molecule has 1 aliphatic heterocycles. The Kier molecular flexibility index (Phi) is 5.82. The van der Waals surface area contributed by atoms with Crippen molar-refractivity contribution in [3.05, 3.63) is 15.8 Å². The van der Waals surface area contributed by atoms with E-state index in [0.29, 0.717) is 11.4 Å². The third kappa shape index (κ3) is 3.31. The van der Waals surface area contributed by atoms with Gasteiger partial charge in [-0.1, -0.05) is 0 Å². The number of nitrogens with one attached hydrogen (secondary N) is 1. The Morgan fingerprint density at radius 3 is 2.68 bits per heavy atom. The fourth-order valence-corrected chi connectivity index (χ4v) is 5.77. The lowest BCUT2D eigenvalue weighted by Gasteiger charge is -2.23. The molecule has 1 aromatic heterocycles. The van der Waals surface area contributed by atoms with Crippen molar-refractivity contribution >= 4 is 33.8 Å². The second-order valence-electron chi connectivity index (χ2n) is 4.75. The summed E-state index contributed by atoms with van der Waals surface area (Å²) in [6, 6.07) is 1.89. The fraction of sp³-hybridized carbons (Fsp3) is 0.667. The summed E-state index contributed by atoms with van der Waals surface area (Å²) in [7, 11) is -1.45. The molecule has 0 amide bonds. The van der Waals surface area contributed by atoms with Crippen LogP contribution >= 0.6 is 23.7 Å². The number of rotatable bonds is 4. The molecular weight excluding hydrogens is 304 g/mol. The van der Waals surface area contributed by atoms with E-state index < -0.39 is 10.0 Å². The van der Waals surface area contributed by atoms with Crippen molar-refractivity contribution in [1.82, 2.24) is 9.62 Å². The molecule has 1 unspecified atom stereocenters. The van der Waals surface area contributed by atoms with Crippen LogP contribution in [0.15, 0.2) is 11.0 Å². The van der Waals surface area contributed by atoms with Crippen LogP contribution in [0.2, 0.25) is 0 Å². The molecule has 7 heteroatoms. The van der Waals surface area contributed by atoms with Gasteiger partial charge < -0.3 is 5.32 Å². The van der Waals surface area contributed by atoms with Crippen LogP contribution in [0, 0.1) is 13.8 Å². The number of hydrogen-bond acceptors (Lipinski definition) is 4. The van der Waals surface area contributed by atoms with Crippen molar-refractivity contribution in [2.24, 2.45) is 0 Å². The molecule has 19 heavy (non-hydrogen) atoms. The number of nitrogens with zero attached hydrogens (tertiary/aromatic N) is 1. The minimum absolute atomic E-state index is 0. The third-order valence-electron chi connectivity index (χ3n) is 3.34. The molecule has 2 heterocycles. The van der Waals surface area contributed by atoms with Gasteiger partial charge >= 0.3 is 0 Å². The van der Waals surface area contributed by atoms with Gasteiger partial charge in [0.2, 0.25) is 10.0 Å². The van der Waals surface area contributed by atoms with Crippen LogP contribution in [0.4, 0.5) is 0 Å². The molecule has 0 saturated carbocycles. The lowest BCUT2D eigenvalue weighted by atomic mass is 10.2. The Bertz CT molecular complexity index is 528. The molecule has 0 bridgehead atoms. The molecule has 0 aromatic carbocycles. The second kappa shape index (κ2) is 6.54. The van der Waals surface area contributed by atoms with Crippen molar-refractivity contribution in [3.8, 4) is 0 Å². The van der Waals surface area contributed by atoms with Crippen molar-refractivity contribution in [1.29, 1.82) is 0 Å². The molecule has 1 fully saturated rings. The molecule has 1 saturated heterocycles. The molecule has 1 atom stereocenters. The van der Waals surface area contributed by atoms with Gasteiger partial charge in [0.15, 0.2) is 0 Å². The molecule has 4 nitrogen and oxygen atoms in total. The summed E-state index contributed by atoms with van der Waals surface area (Å²) in [6.07, 6.45) is 1.90. The predicted molar refractivity (Wildman–Crippen MR) is 81.9 cm³/mol. The zero-order valence-corrected chi connectivity index (χ0v) is 13.9. The lowest BCUT2D eigenvalue weighted by Crippen LogP contribution is -2.40.